The maximum Gasteiger partial charge on any atom is 0.320 e. The lowest BCUT2D eigenvalue weighted by atomic mass is 10.1. The van der Waals surface area contributed by atoms with Crippen molar-refractivity contribution in [3.63, 3.8) is 0 Å². The number of fused-ring (bicyclic) bond motifs is 1. The zero-order valence-electron chi connectivity index (χ0n) is 18.2. The Morgan fingerprint density at radius 3 is 2.72 bits per heavy atom. The predicted molar refractivity (Wildman–Crippen MR) is 130 cm³/mol. The van der Waals surface area contributed by atoms with Gasteiger partial charge in [0.25, 0.3) is 0 Å². The minimum atomic E-state index is -0.315. The lowest BCUT2D eigenvalue weighted by molar-refractivity contribution is 0.249. The molecule has 1 aromatic carbocycles. The van der Waals surface area contributed by atoms with Gasteiger partial charge in [0.15, 0.2) is 5.82 Å². The van der Waals surface area contributed by atoms with E-state index in [1.54, 1.807) is 19.3 Å². The quantitative estimate of drug-likeness (QED) is 0.536. The van der Waals surface area contributed by atoms with E-state index in [1.165, 1.54) is 6.33 Å². The fourth-order valence-electron chi connectivity index (χ4n) is 3.90. The first-order chi connectivity index (χ1) is 15.6. The molecule has 1 saturated heterocycles. The summed E-state index contributed by atoms with van der Waals surface area (Å²) in [4.78, 5) is 28.6. The number of hydrogen-bond donors (Lipinski definition) is 3. The van der Waals surface area contributed by atoms with Crippen molar-refractivity contribution < 1.29 is 13.5 Å². The fourth-order valence-corrected chi connectivity index (χ4v) is 3.90. The van der Waals surface area contributed by atoms with E-state index in [1.807, 2.05) is 25.1 Å². The topological polar surface area (TPSA) is 98.3 Å². The van der Waals surface area contributed by atoms with Gasteiger partial charge in [0.1, 0.15) is 23.5 Å². The molecule has 3 aromatic rings. The standard InChI is InChI=1S/C22H27FN8O.3H2/c1-3-25-22(32)29-18-12-15(6-7-26-18)13-30-8-10-31(11-9-30)17-5-4-16-20(19(17)23)27-14-28-21(16)24-2;;;/h4-7,12,14H,3,8-11,13H2,1-2H3,(H,24,27,28)(H2,25,26,29,32);3*1H. The number of halogens is 1. The molecule has 0 aliphatic carbocycles. The maximum absolute atomic E-state index is 15.2. The van der Waals surface area contributed by atoms with E-state index >= 15 is 4.39 Å². The van der Waals surface area contributed by atoms with Crippen molar-refractivity contribution in [2.24, 2.45) is 0 Å². The Balaban J connectivity index is 0.00000204. The van der Waals surface area contributed by atoms with Crippen LogP contribution in [0.2, 0.25) is 0 Å². The summed E-state index contributed by atoms with van der Waals surface area (Å²) in [6, 6.07) is 7.22. The molecule has 32 heavy (non-hydrogen) atoms. The monoisotopic (exact) mass is 444 g/mol. The molecule has 0 spiro atoms. The predicted octanol–water partition coefficient (Wildman–Crippen LogP) is 3.41. The maximum atomic E-state index is 15.2. The average Bonchev–Trinajstić information content (AvgIpc) is 2.80. The van der Waals surface area contributed by atoms with Gasteiger partial charge in [-0.3, -0.25) is 10.2 Å². The number of nitrogens with zero attached hydrogens (tertiary/aromatic N) is 5. The third-order valence-corrected chi connectivity index (χ3v) is 5.48. The molecule has 9 nitrogen and oxygen atoms in total. The Labute approximate surface area is 190 Å². The zero-order valence-corrected chi connectivity index (χ0v) is 18.2. The molecule has 2 amide bonds. The van der Waals surface area contributed by atoms with Gasteiger partial charge >= 0.3 is 6.03 Å². The molecule has 10 heteroatoms. The van der Waals surface area contributed by atoms with Gasteiger partial charge in [-0.05, 0) is 36.8 Å². The van der Waals surface area contributed by atoms with E-state index in [0.717, 1.165) is 25.2 Å². The Bertz CT molecular complexity index is 1120. The molecule has 0 saturated carbocycles. The van der Waals surface area contributed by atoms with Crippen LogP contribution in [-0.4, -0.2) is 65.7 Å². The second-order valence-electron chi connectivity index (χ2n) is 7.56. The normalized spacial score (nSPS) is 14.4. The minimum absolute atomic E-state index is 0. The number of hydrogen-bond acceptors (Lipinski definition) is 7. The summed E-state index contributed by atoms with van der Waals surface area (Å²) in [7, 11) is 1.76. The Morgan fingerprint density at radius 2 is 1.97 bits per heavy atom. The summed E-state index contributed by atoms with van der Waals surface area (Å²) in [5.41, 5.74) is 1.96. The molecule has 174 valence electrons. The van der Waals surface area contributed by atoms with E-state index in [4.69, 9.17) is 0 Å². The number of amides is 2. The number of anilines is 3. The van der Waals surface area contributed by atoms with Crippen LogP contribution < -0.4 is 20.9 Å². The molecule has 2 aromatic heterocycles. The molecular formula is C22H33FN8O. The highest BCUT2D eigenvalue weighted by atomic mass is 19.1. The lowest BCUT2D eigenvalue weighted by Gasteiger charge is -2.36. The molecule has 3 heterocycles. The first kappa shape index (κ1) is 21.7. The van der Waals surface area contributed by atoms with Crippen LogP contribution in [0.3, 0.4) is 0 Å². The zero-order chi connectivity index (χ0) is 22.5. The number of benzene rings is 1. The SMILES string of the molecule is CCNC(=O)Nc1cc(CN2CCN(c3ccc4c(NC)ncnc4c3F)CC2)ccn1.[HH].[HH].[HH]. The third-order valence-electron chi connectivity index (χ3n) is 5.48. The number of carbonyl (C=O) groups excluding carboxylic acids is 1. The number of carbonyl (C=O) groups is 1. The van der Waals surface area contributed by atoms with Gasteiger partial charge in [0.2, 0.25) is 0 Å². The number of urea groups is 1. The van der Waals surface area contributed by atoms with Gasteiger partial charge in [-0.1, -0.05) is 0 Å². The molecular weight excluding hydrogens is 411 g/mol. The Hall–Kier alpha value is -3.53. The van der Waals surface area contributed by atoms with Crippen LogP contribution in [-0.2, 0) is 6.54 Å². The summed E-state index contributed by atoms with van der Waals surface area (Å²) in [5.74, 6) is 0.821. The molecule has 3 N–H and O–H groups in total. The summed E-state index contributed by atoms with van der Waals surface area (Å²) >= 11 is 0. The first-order valence-corrected chi connectivity index (χ1v) is 10.7. The van der Waals surface area contributed by atoms with Crippen LogP contribution in [0.25, 0.3) is 10.9 Å². The van der Waals surface area contributed by atoms with Crippen molar-refractivity contribution in [3.8, 4) is 0 Å². The van der Waals surface area contributed by atoms with Crippen LogP contribution >= 0.6 is 0 Å². The molecule has 1 aliphatic heterocycles. The van der Waals surface area contributed by atoms with Crippen molar-refractivity contribution in [1.29, 1.82) is 0 Å². The molecule has 1 fully saturated rings. The van der Waals surface area contributed by atoms with Crippen molar-refractivity contribution >= 4 is 34.3 Å². The summed E-state index contributed by atoms with van der Waals surface area (Å²) in [5, 5.41) is 9.07. The van der Waals surface area contributed by atoms with Gasteiger partial charge < -0.3 is 15.5 Å². The van der Waals surface area contributed by atoms with Crippen molar-refractivity contribution in [1.82, 2.24) is 25.2 Å². The van der Waals surface area contributed by atoms with Gasteiger partial charge in [-0.15, -0.1) is 0 Å². The average molecular weight is 445 g/mol. The number of piperazine rings is 1. The molecule has 1 aliphatic rings. The highest BCUT2D eigenvalue weighted by Crippen LogP contribution is 2.29. The lowest BCUT2D eigenvalue weighted by Crippen LogP contribution is -2.46. The fraction of sp³-hybridized carbons (Fsp3) is 0.364. The van der Waals surface area contributed by atoms with Crippen molar-refractivity contribution in [3.05, 3.63) is 48.2 Å². The van der Waals surface area contributed by atoms with Gasteiger partial charge in [-0.25, -0.2) is 24.1 Å². The van der Waals surface area contributed by atoms with E-state index in [2.05, 4.69) is 40.7 Å². The van der Waals surface area contributed by atoms with Crippen molar-refractivity contribution in [2.75, 3.05) is 55.3 Å². The molecule has 4 rings (SSSR count). The molecule has 0 atom stereocenters. The van der Waals surface area contributed by atoms with Crippen LogP contribution in [0.4, 0.5) is 26.5 Å². The number of aromatic nitrogens is 3. The highest BCUT2D eigenvalue weighted by molar-refractivity contribution is 5.91. The largest absolute Gasteiger partial charge is 0.373 e. The van der Waals surface area contributed by atoms with Crippen molar-refractivity contribution in [2.45, 2.75) is 13.5 Å². The minimum Gasteiger partial charge on any atom is -0.373 e. The van der Waals surface area contributed by atoms with Crippen LogP contribution in [0, 0.1) is 5.82 Å². The van der Waals surface area contributed by atoms with E-state index in [-0.39, 0.29) is 16.1 Å². The van der Waals surface area contributed by atoms with E-state index in [0.29, 0.717) is 47.9 Å². The highest BCUT2D eigenvalue weighted by Gasteiger charge is 2.22. The van der Waals surface area contributed by atoms with Crippen LogP contribution in [0.1, 0.15) is 16.8 Å². The number of rotatable bonds is 6. The number of nitrogens with one attached hydrogen (secondary N) is 3. The first-order valence-electron chi connectivity index (χ1n) is 10.7. The number of pyridine rings is 1. The second-order valence-corrected chi connectivity index (χ2v) is 7.56. The third kappa shape index (κ3) is 4.70. The smallest absolute Gasteiger partial charge is 0.320 e. The van der Waals surface area contributed by atoms with Gasteiger partial charge in [-0.2, -0.15) is 0 Å². The van der Waals surface area contributed by atoms with E-state index < -0.39 is 0 Å². The Kier molecular flexibility index (Phi) is 6.60. The molecule has 0 unspecified atom stereocenters. The molecule has 0 radical (unpaired) electrons. The van der Waals surface area contributed by atoms with Gasteiger partial charge in [0, 0.05) is 62.2 Å². The van der Waals surface area contributed by atoms with Gasteiger partial charge in [0.05, 0.1) is 5.69 Å². The van der Waals surface area contributed by atoms with E-state index in [9.17, 15) is 4.79 Å². The summed E-state index contributed by atoms with van der Waals surface area (Å²) in [6.07, 6.45) is 3.07. The Morgan fingerprint density at radius 1 is 1.16 bits per heavy atom. The summed E-state index contributed by atoms with van der Waals surface area (Å²) < 4.78 is 15.2. The molecule has 0 bridgehead atoms. The summed E-state index contributed by atoms with van der Waals surface area (Å²) in [6.45, 7) is 6.16. The second kappa shape index (κ2) is 9.73. The van der Waals surface area contributed by atoms with Crippen LogP contribution in [0.5, 0.6) is 0 Å². The van der Waals surface area contributed by atoms with Crippen LogP contribution in [0.15, 0.2) is 36.8 Å².